The van der Waals surface area contributed by atoms with Crippen LogP contribution in [0.3, 0.4) is 0 Å². The molecule has 3 nitrogen and oxygen atoms in total. The Morgan fingerprint density at radius 3 is 2.53 bits per heavy atom. The topological polar surface area (TPSA) is 41.1 Å². The van der Waals surface area contributed by atoms with E-state index in [-0.39, 0.29) is 11.9 Å². The summed E-state index contributed by atoms with van der Waals surface area (Å²) < 4.78 is 0. The van der Waals surface area contributed by atoms with E-state index in [1.165, 1.54) is 32.1 Å². The van der Waals surface area contributed by atoms with E-state index in [9.17, 15) is 4.79 Å². The van der Waals surface area contributed by atoms with Crippen LogP contribution in [0.5, 0.6) is 0 Å². The van der Waals surface area contributed by atoms with Gasteiger partial charge in [0.25, 0.3) is 0 Å². The Balaban J connectivity index is 1.80. The molecule has 15 heavy (non-hydrogen) atoms. The highest BCUT2D eigenvalue weighted by Crippen LogP contribution is 2.19. The summed E-state index contributed by atoms with van der Waals surface area (Å²) in [5.41, 5.74) is 0. The summed E-state index contributed by atoms with van der Waals surface area (Å²) in [5, 5.41) is 6.47. The van der Waals surface area contributed by atoms with Gasteiger partial charge < -0.3 is 10.6 Å². The maximum absolute atomic E-state index is 12.0. The molecule has 0 spiro atoms. The van der Waals surface area contributed by atoms with Crippen LogP contribution < -0.4 is 10.6 Å². The average Bonchev–Trinajstić information content (AvgIpc) is 2.66. The zero-order valence-corrected chi connectivity index (χ0v) is 9.59. The fourth-order valence-corrected chi connectivity index (χ4v) is 2.72. The van der Waals surface area contributed by atoms with Crippen LogP contribution in [0.1, 0.15) is 45.4 Å². The number of amides is 1. The van der Waals surface area contributed by atoms with Crippen LogP contribution in [0.25, 0.3) is 0 Å². The molecule has 2 fully saturated rings. The molecule has 1 saturated heterocycles. The fraction of sp³-hybridized carbons (Fsp3) is 0.917. The van der Waals surface area contributed by atoms with Crippen LogP contribution in [0.2, 0.25) is 0 Å². The van der Waals surface area contributed by atoms with Gasteiger partial charge in [-0.2, -0.15) is 0 Å². The SMILES string of the molecule is CC1CCNC1C(=O)NC1CCCCC1. The second-order valence-corrected chi connectivity index (χ2v) is 5.04. The summed E-state index contributed by atoms with van der Waals surface area (Å²) in [4.78, 5) is 12.0. The van der Waals surface area contributed by atoms with Gasteiger partial charge in [-0.05, 0) is 31.7 Å². The van der Waals surface area contributed by atoms with E-state index in [1.54, 1.807) is 0 Å². The first kappa shape index (κ1) is 10.9. The summed E-state index contributed by atoms with van der Waals surface area (Å²) >= 11 is 0. The third kappa shape index (κ3) is 2.71. The third-order valence-electron chi connectivity index (χ3n) is 3.77. The molecule has 1 aliphatic heterocycles. The molecule has 1 aliphatic carbocycles. The van der Waals surface area contributed by atoms with Crippen LogP contribution in [-0.4, -0.2) is 24.5 Å². The zero-order chi connectivity index (χ0) is 10.7. The van der Waals surface area contributed by atoms with E-state index in [2.05, 4.69) is 17.6 Å². The summed E-state index contributed by atoms with van der Waals surface area (Å²) in [7, 11) is 0. The molecule has 1 heterocycles. The van der Waals surface area contributed by atoms with Crippen LogP contribution in [0.4, 0.5) is 0 Å². The highest BCUT2D eigenvalue weighted by atomic mass is 16.2. The van der Waals surface area contributed by atoms with E-state index in [1.807, 2.05) is 0 Å². The first-order chi connectivity index (χ1) is 7.27. The van der Waals surface area contributed by atoms with Crippen molar-refractivity contribution in [1.82, 2.24) is 10.6 Å². The highest BCUT2D eigenvalue weighted by molar-refractivity contribution is 5.82. The molecule has 3 heteroatoms. The number of carbonyl (C=O) groups is 1. The molecule has 86 valence electrons. The van der Waals surface area contributed by atoms with Crippen molar-refractivity contribution < 1.29 is 4.79 Å². The molecule has 0 aromatic rings. The minimum atomic E-state index is 0.0620. The third-order valence-corrected chi connectivity index (χ3v) is 3.77. The minimum absolute atomic E-state index is 0.0620. The molecule has 0 aromatic heterocycles. The predicted molar refractivity (Wildman–Crippen MR) is 60.6 cm³/mol. The zero-order valence-electron chi connectivity index (χ0n) is 9.59. The first-order valence-electron chi connectivity index (χ1n) is 6.31. The molecule has 2 unspecified atom stereocenters. The summed E-state index contributed by atoms with van der Waals surface area (Å²) in [5.74, 6) is 0.723. The smallest absolute Gasteiger partial charge is 0.237 e. The lowest BCUT2D eigenvalue weighted by Crippen LogP contribution is -2.47. The van der Waals surface area contributed by atoms with Gasteiger partial charge >= 0.3 is 0 Å². The van der Waals surface area contributed by atoms with Crippen molar-refractivity contribution in [1.29, 1.82) is 0 Å². The van der Waals surface area contributed by atoms with Gasteiger partial charge in [0.05, 0.1) is 6.04 Å². The number of nitrogens with one attached hydrogen (secondary N) is 2. The second kappa shape index (κ2) is 4.97. The molecule has 1 amide bonds. The highest BCUT2D eigenvalue weighted by Gasteiger charge is 2.30. The van der Waals surface area contributed by atoms with Gasteiger partial charge in [-0.3, -0.25) is 4.79 Å². The van der Waals surface area contributed by atoms with Gasteiger partial charge in [-0.15, -0.1) is 0 Å². The van der Waals surface area contributed by atoms with Gasteiger partial charge in [0.2, 0.25) is 5.91 Å². The molecular formula is C12H22N2O. The Kier molecular flexibility index (Phi) is 3.62. The molecule has 2 atom stereocenters. The summed E-state index contributed by atoms with van der Waals surface area (Å²) in [6, 6.07) is 0.507. The second-order valence-electron chi connectivity index (χ2n) is 5.04. The lowest BCUT2D eigenvalue weighted by molar-refractivity contribution is -0.124. The molecule has 0 radical (unpaired) electrons. The van der Waals surface area contributed by atoms with Gasteiger partial charge in [-0.1, -0.05) is 26.2 Å². The number of carbonyl (C=O) groups excluding carboxylic acids is 1. The van der Waals surface area contributed by atoms with Gasteiger partial charge in [0.15, 0.2) is 0 Å². The largest absolute Gasteiger partial charge is 0.352 e. The quantitative estimate of drug-likeness (QED) is 0.724. The molecule has 2 aliphatic rings. The normalized spacial score (nSPS) is 32.9. The molecule has 0 aromatic carbocycles. The van der Waals surface area contributed by atoms with Gasteiger partial charge in [0, 0.05) is 6.04 Å². The lowest BCUT2D eigenvalue weighted by Gasteiger charge is -2.25. The van der Waals surface area contributed by atoms with Crippen LogP contribution in [0, 0.1) is 5.92 Å². The Morgan fingerprint density at radius 1 is 1.20 bits per heavy atom. The van der Waals surface area contributed by atoms with Crippen LogP contribution in [-0.2, 0) is 4.79 Å². The van der Waals surface area contributed by atoms with Crippen molar-refractivity contribution in [2.24, 2.45) is 5.92 Å². The summed E-state index contributed by atoms with van der Waals surface area (Å²) in [6.07, 6.45) is 7.37. The maximum atomic E-state index is 12.0. The number of hydrogen-bond donors (Lipinski definition) is 2. The predicted octanol–water partition coefficient (Wildman–Crippen LogP) is 1.43. The number of hydrogen-bond acceptors (Lipinski definition) is 2. The van der Waals surface area contributed by atoms with Gasteiger partial charge in [0.1, 0.15) is 0 Å². The molecule has 1 saturated carbocycles. The fourth-order valence-electron chi connectivity index (χ4n) is 2.72. The van der Waals surface area contributed by atoms with Crippen molar-refractivity contribution in [3.63, 3.8) is 0 Å². The van der Waals surface area contributed by atoms with Crippen molar-refractivity contribution in [3.05, 3.63) is 0 Å². The standard InChI is InChI=1S/C12H22N2O/c1-9-7-8-13-11(9)12(15)14-10-5-3-2-4-6-10/h9-11,13H,2-8H2,1H3,(H,14,15). The molecular weight excluding hydrogens is 188 g/mol. The van der Waals surface area contributed by atoms with Crippen molar-refractivity contribution in [3.8, 4) is 0 Å². The minimum Gasteiger partial charge on any atom is -0.352 e. The molecule has 0 bridgehead atoms. The van der Waals surface area contributed by atoms with E-state index < -0.39 is 0 Å². The van der Waals surface area contributed by atoms with Crippen LogP contribution >= 0.6 is 0 Å². The average molecular weight is 210 g/mol. The summed E-state index contributed by atoms with van der Waals surface area (Å²) in [6.45, 7) is 3.15. The van der Waals surface area contributed by atoms with E-state index >= 15 is 0 Å². The van der Waals surface area contributed by atoms with Crippen molar-refractivity contribution >= 4 is 5.91 Å². The maximum Gasteiger partial charge on any atom is 0.237 e. The van der Waals surface area contributed by atoms with Gasteiger partial charge in [-0.25, -0.2) is 0 Å². The van der Waals surface area contributed by atoms with E-state index in [0.717, 1.165) is 13.0 Å². The molecule has 2 N–H and O–H groups in total. The van der Waals surface area contributed by atoms with Crippen LogP contribution in [0.15, 0.2) is 0 Å². The van der Waals surface area contributed by atoms with Crippen molar-refractivity contribution in [2.45, 2.75) is 57.5 Å². The van der Waals surface area contributed by atoms with E-state index in [4.69, 9.17) is 0 Å². The lowest BCUT2D eigenvalue weighted by atomic mass is 9.94. The Bertz CT molecular complexity index is 224. The monoisotopic (exact) mass is 210 g/mol. The van der Waals surface area contributed by atoms with E-state index in [0.29, 0.717) is 12.0 Å². The Hall–Kier alpha value is -0.570. The Morgan fingerprint density at radius 2 is 1.93 bits per heavy atom. The van der Waals surface area contributed by atoms with Crippen molar-refractivity contribution in [2.75, 3.05) is 6.54 Å². The first-order valence-corrected chi connectivity index (χ1v) is 6.31. The molecule has 2 rings (SSSR count). The Labute approximate surface area is 92.0 Å². The number of rotatable bonds is 2.